The van der Waals surface area contributed by atoms with Gasteiger partial charge in [-0.25, -0.2) is 0 Å². The van der Waals surface area contributed by atoms with Crippen LogP contribution in [-0.4, -0.2) is 12.0 Å². The minimum atomic E-state index is 0.311. The number of nitrogens with zero attached hydrogens (tertiary/aromatic N) is 1. The fourth-order valence-electron chi connectivity index (χ4n) is 2.05. The number of aromatic nitrogens is 1. The molecule has 0 bridgehead atoms. The van der Waals surface area contributed by atoms with E-state index in [-0.39, 0.29) is 0 Å². The molecule has 0 aliphatic heterocycles. The number of hydrogen-bond acceptors (Lipinski definition) is 2. The molecule has 2 nitrogen and oxygen atoms in total. The van der Waals surface area contributed by atoms with Gasteiger partial charge in [0.05, 0.1) is 0 Å². The molecule has 1 aromatic heterocycles. The molecular formula is C15H17BrN2. The second kappa shape index (κ2) is 6.12. The minimum absolute atomic E-state index is 0.311. The monoisotopic (exact) mass is 304 g/mol. The molecule has 3 heteroatoms. The average molecular weight is 305 g/mol. The normalized spacial score (nSPS) is 12.4. The Bertz CT molecular complexity index is 525. The molecule has 18 heavy (non-hydrogen) atoms. The molecule has 1 heterocycles. The Morgan fingerprint density at radius 3 is 2.72 bits per heavy atom. The lowest BCUT2D eigenvalue weighted by Crippen LogP contribution is -2.19. The highest BCUT2D eigenvalue weighted by molar-refractivity contribution is 9.10. The Labute approximate surface area is 117 Å². The first-order valence-electron chi connectivity index (χ1n) is 6.04. The van der Waals surface area contributed by atoms with Crippen molar-refractivity contribution in [1.29, 1.82) is 0 Å². The summed E-state index contributed by atoms with van der Waals surface area (Å²) in [5, 5.41) is 3.37. The van der Waals surface area contributed by atoms with E-state index >= 15 is 0 Å². The molecular weight excluding hydrogens is 288 g/mol. The standard InChI is InChI=1S/C15H17BrN2/c1-11-9-13(7-8-18-11)15(17-2)10-12-5-3-4-6-14(12)16/h3-9,15,17H,10H2,1-2H3. The lowest BCUT2D eigenvalue weighted by molar-refractivity contribution is 0.589. The summed E-state index contributed by atoms with van der Waals surface area (Å²) < 4.78 is 1.16. The van der Waals surface area contributed by atoms with Gasteiger partial charge >= 0.3 is 0 Å². The van der Waals surface area contributed by atoms with Crippen LogP contribution in [0, 0.1) is 6.92 Å². The molecule has 1 unspecified atom stereocenters. The van der Waals surface area contributed by atoms with Crippen LogP contribution < -0.4 is 5.32 Å². The maximum absolute atomic E-state index is 4.24. The molecule has 0 fully saturated rings. The van der Waals surface area contributed by atoms with Gasteiger partial charge in [0.2, 0.25) is 0 Å². The summed E-state index contributed by atoms with van der Waals surface area (Å²) in [7, 11) is 2.00. The quantitative estimate of drug-likeness (QED) is 0.932. The zero-order valence-corrected chi connectivity index (χ0v) is 12.2. The predicted molar refractivity (Wildman–Crippen MR) is 78.6 cm³/mol. The van der Waals surface area contributed by atoms with Gasteiger partial charge in [0.25, 0.3) is 0 Å². The molecule has 2 aromatic rings. The summed E-state index contributed by atoms with van der Waals surface area (Å²) in [5.74, 6) is 0. The van der Waals surface area contributed by atoms with Crippen LogP contribution in [0.15, 0.2) is 47.1 Å². The third-order valence-electron chi connectivity index (χ3n) is 3.05. The molecule has 0 saturated heterocycles. The number of rotatable bonds is 4. The third kappa shape index (κ3) is 3.18. The fourth-order valence-corrected chi connectivity index (χ4v) is 2.50. The largest absolute Gasteiger partial charge is 0.313 e. The van der Waals surface area contributed by atoms with Crippen LogP contribution in [0.5, 0.6) is 0 Å². The second-order valence-corrected chi connectivity index (χ2v) is 5.22. The zero-order valence-electron chi connectivity index (χ0n) is 10.7. The molecule has 1 N–H and O–H groups in total. The van der Waals surface area contributed by atoms with Crippen molar-refractivity contribution in [2.45, 2.75) is 19.4 Å². The predicted octanol–water partition coefficient (Wildman–Crippen LogP) is 3.66. The smallest absolute Gasteiger partial charge is 0.0375 e. The van der Waals surface area contributed by atoms with Crippen LogP contribution in [-0.2, 0) is 6.42 Å². The molecule has 1 aromatic carbocycles. The highest BCUT2D eigenvalue weighted by atomic mass is 79.9. The van der Waals surface area contributed by atoms with Crippen LogP contribution in [0.3, 0.4) is 0 Å². The van der Waals surface area contributed by atoms with Crippen molar-refractivity contribution in [2.24, 2.45) is 0 Å². The Morgan fingerprint density at radius 2 is 2.06 bits per heavy atom. The van der Waals surface area contributed by atoms with E-state index in [0.29, 0.717) is 6.04 Å². The van der Waals surface area contributed by atoms with Gasteiger partial charge in [-0.15, -0.1) is 0 Å². The Balaban J connectivity index is 2.23. The van der Waals surface area contributed by atoms with E-state index in [0.717, 1.165) is 16.6 Å². The number of nitrogens with one attached hydrogen (secondary N) is 1. The topological polar surface area (TPSA) is 24.9 Å². The number of aryl methyl sites for hydroxylation is 1. The number of benzene rings is 1. The van der Waals surface area contributed by atoms with Crippen molar-refractivity contribution < 1.29 is 0 Å². The molecule has 0 amide bonds. The third-order valence-corrected chi connectivity index (χ3v) is 3.83. The van der Waals surface area contributed by atoms with Crippen molar-refractivity contribution >= 4 is 15.9 Å². The molecule has 2 rings (SSSR count). The van der Waals surface area contributed by atoms with Gasteiger partial charge in [-0.2, -0.15) is 0 Å². The van der Waals surface area contributed by atoms with Gasteiger partial charge in [-0.3, -0.25) is 4.98 Å². The molecule has 0 aliphatic rings. The van der Waals surface area contributed by atoms with Gasteiger partial charge in [-0.05, 0) is 49.7 Å². The number of halogens is 1. The van der Waals surface area contributed by atoms with E-state index < -0.39 is 0 Å². The summed E-state index contributed by atoms with van der Waals surface area (Å²) >= 11 is 3.60. The number of likely N-dealkylation sites (N-methyl/N-ethyl adjacent to an activating group) is 1. The van der Waals surface area contributed by atoms with Crippen LogP contribution >= 0.6 is 15.9 Å². The van der Waals surface area contributed by atoms with Crippen molar-refractivity contribution in [1.82, 2.24) is 10.3 Å². The fraction of sp³-hybridized carbons (Fsp3) is 0.267. The molecule has 0 radical (unpaired) electrons. The van der Waals surface area contributed by atoms with Gasteiger partial charge in [0.15, 0.2) is 0 Å². The van der Waals surface area contributed by atoms with Gasteiger partial charge in [0.1, 0.15) is 0 Å². The van der Waals surface area contributed by atoms with Gasteiger partial charge in [0, 0.05) is 22.4 Å². The van der Waals surface area contributed by atoms with Crippen molar-refractivity contribution in [3.8, 4) is 0 Å². The molecule has 94 valence electrons. The Morgan fingerprint density at radius 1 is 1.28 bits per heavy atom. The van der Waals surface area contributed by atoms with E-state index in [1.54, 1.807) is 0 Å². The summed E-state index contributed by atoms with van der Waals surface area (Å²) in [6, 6.07) is 12.9. The highest BCUT2D eigenvalue weighted by Crippen LogP contribution is 2.23. The Hall–Kier alpha value is -1.19. The van der Waals surface area contributed by atoms with E-state index in [9.17, 15) is 0 Å². The Kier molecular flexibility index (Phi) is 4.50. The van der Waals surface area contributed by atoms with Crippen molar-refractivity contribution in [3.63, 3.8) is 0 Å². The number of pyridine rings is 1. The van der Waals surface area contributed by atoms with E-state index in [1.807, 2.05) is 26.2 Å². The molecule has 0 spiro atoms. The average Bonchev–Trinajstić information content (AvgIpc) is 2.38. The van der Waals surface area contributed by atoms with E-state index in [4.69, 9.17) is 0 Å². The molecule has 0 aliphatic carbocycles. The first-order chi connectivity index (χ1) is 8.70. The van der Waals surface area contributed by atoms with Gasteiger partial charge in [-0.1, -0.05) is 34.1 Å². The van der Waals surface area contributed by atoms with Crippen LogP contribution in [0.1, 0.15) is 22.9 Å². The highest BCUT2D eigenvalue weighted by Gasteiger charge is 2.11. The minimum Gasteiger partial charge on any atom is -0.313 e. The lowest BCUT2D eigenvalue weighted by Gasteiger charge is -2.17. The summed E-state index contributed by atoms with van der Waals surface area (Å²) in [5.41, 5.74) is 3.65. The van der Waals surface area contributed by atoms with Crippen molar-refractivity contribution in [3.05, 3.63) is 63.9 Å². The maximum atomic E-state index is 4.24. The van der Waals surface area contributed by atoms with Gasteiger partial charge < -0.3 is 5.32 Å². The summed E-state index contributed by atoms with van der Waals surface area (Å²) in [4.78, 5) is 4.24. The SMILES string of the molecule is CNC(Cc1ccccc1Br)c1ccnc(C)c1. The first kappa shape index (κ1) is 13.2. The molecule has 0 saturated carbocycles. The zero-order chi connectivity index (χ0) is 13.0. The molecule has 1 atom stereocenters. The summed E-state index contributed by atoms with van der Waals surface area (Å²) in [6.45, 7) is 2.02. The van der Waals surface area contributed by atoms with E-state index in [1.165, 1.54) is 11.1 Å². The van der Waals surface area contributed by atoms with Crippen LogP contribution in [0.2, 0.25) is 0 Å². The lowest BCUT2D eigenvalue weighted by atomic mass is 9.99. The van der Waals surface area contributed by atoms with Crippen LogP contribution in [0.25, 0.3) is 0 Å². The second-order valence-electron chi connectivity index (χ2n) is 4.37. The van der Waals surface area contributed by atoms with Crippen molar-refractivity contribution in [2.75, 3.05) is 7.05 Å². The number of hydrogen-bond donors (Lipinski definition) is 1. The van der Waals surface area contributed by atoms with Crippen LogP contribution in [0.4, 0.5) is 0 Å². The van der Waals surface area contributed by atoms with E-state index in [2.05, 4.69) is 56.6 Å². The first-order valence-corrected chi connectivity index (χ1v) is 6.83. The summed E-state index contributed by atoms with van der Waals surface area (Å²) in [6.07, 6.45) is 2.83. The maximum Gasteiger partial charge on any atom is 0.0375 e.